The van der Waals surface area contributed by atoms with Crippen LogP contribution >= 0.6 is 0 Å². The maximum Gasteiger partial charge on any atom is 0.326 e. The Labute approximate surface area is 127 Å². The molecular weight excluding hydrogens is 294 g/mol. The van der Waals surface area contributed by atoms with E-state index in [4.69, 9.17) is 22.3 Å². The number of nitrogens with one attached hydrogen (secondary N) is 2. The standard InChI is InChI=1S/C12H23N5O5/c13-4-2-1-3-7(16-10(19)6-14)11(20)17-8(12(21)22)5-9(15)18/h7-8H,1-6,13-14H2,(H2,15,18)(H,16,19)(H,17,20)(H,21,22). The van der Waals surface area contributed by atoms with Gasteiger partial charge in [-0.3, -0.25) is 14.4 Å². The highest BCUT2D eigenvalue weighted by Crippen LogP contribution is 2.02. The Balaban J connectivity index is 4.79. The number of carboxylic acid groups (broad SMARTS) is 1. The van der Waals surface area contributed by atoms with E-state index in [1.165, 1.54) is 0 Å². The molecule has 0 saturated carbocycles. The molecule has 0 heterocycles. The largest absolute Gasteiger partial charge is 0.480 e. The maximum absolute atomic E-state index is 12.1. The lowest BCUT2D eigenvalue weighted by Crippen LogP contribution is -2.53. The van der Waals surface area contributed by atoms with Gasteiger partial charge < -0.3 is 32.9 Å². The van der Waals surface area contributed by atoms with Crippen LogP contribution in [0.25, 0.3) is 0 Å². The van der Waals surface area contributed by atoms with Crippen LogP contribution in [0.4, 0.5) is 0 Å². The van der Waals surface area contributed by atoms with E-state index >= 15 is 0 Å². The van der Waals surface area contributed by atoms with Crippen molar-refractivity contribution in [1.82, 2.24) is 10.6 Å². The molecule has 0 radical (unpaired) electrons. The maximum atomic E-state index is 12.1. The monoisotopic (exact) mass is 317 g/mol. The summed E-state index contributed by atoms with van der Waals surface area (Å²) >= 11 is 0. The predicted molar refractivity (Wildman–Crippen MR) is 77.3 cm³/mol. The number of amides is 3. The zero-order valence-electron chi connectivity index (χ0n) is 12.2. The van der Waals surface area contributed by atoms with Crippen LogP contribution in [0.2, 0.25) is 0 Å². The summed E-state index contributed by atoms with van der Waals surface area (Å²) in [4.78, 5) is 45.2. The van der Waals surface area contributed by atoms with E-state index in [9.17, 15) is 19.2 Å². The lowest BCUT2D eigenvalue weighted by atomic mass is 10.1. The van der Waals surface area contributed by atoms with Gasteiger partial charge in [-0.15, -0.1) is 0 Å². The highest BCUT2D eigenvalue weighted by molar-refractivity contribution is 5.92. The summed E-state index contributed by atoms with van der Waals surface area (Å²) in [5, 5.41) is 13.5. The smallest absolute Gasteiger partial charge is 0.326 e. The van der Waals surface area contributed by atoms with Crippen molar-refractivity contribution in [2.75, 3.05) is 13.1 Å². The topological polar surface area (TPSA) is 191 Å². The molecule has 0 aliphatic rings. The zero-order chi connectivity index (χ0) is 17.1. The van der Waals surface area contributed by atoms with E-state index in [1.54, 1.807) is 0 Å². The summed E-state index contributed by atoms with van der Waals surface area (Å²) in [5.41, 5.74) is 15.5. The van der Waals surface area contributed by atoms with Crippen molar-refractivity contribution in [3.8, 4) is 0 Å². The number of rotatable bonds is 11. The van der Waals surface area contributed by atoms with E-state index in [2.05, 4.69) is 10.6 Å². The van der Waals surface area contributed by atoms with E-state index < -0.39 is 42.2 Å². The number of hydrogen-bond acceptors (Lipinski definition) is 6. The van der Waals surface area contributed by atoms with Crippen molar-refractivity contribution < 1.29 is 24.3 Å². The van der Waals surface area contributed by atoms with Crippen LogP contribution in [0.1, 0.15) is 25.7 Å². The summed E-state index contributed by atoms with van der Waals surface area (Å²) in [6, 6.07) is -2.39. The van der Waals surface area contributed by atoms with Crippen LogP contribution in [0.5, 0.6) is 0 Å². The second kappa shape index (κ2) is 10.5. The van der Waals surface area contributed by atoms with Gasteiger partial charge in [0.05, 0.1) is 13.0 Å². The van der Waals surface area contributed by atoms with Gasteiger partial charge in [-0.2, -0.15) is 0 Å². The molecule has 0 saturated heterocycles. The number of carboxylic acids is 1. The molecule has 3 amide bonds. The molecule has 0 aromatic rings. The molecule has 0 bridgehead atoms. The third-order valence-electron chi connectivity index (χ3n) is 2.80. The third-order valence-corrected chi connectivity index (χ3v) is 2.80. The predicted octanol–water partition coefficient (Wildman–Crippen LogP) is -3.00. The average molecular weight is 317 g/mol. The minimum atomic E-state index is -1.45. The minimum absolute atomic E-state index is 0.275. The van der Waals surface area contributed by atoms with Gasteiger partial charge in [0.2, 0.25) is 17.7 Å². The molecule has 22 heavy (non-hydrogen) atoms. The summed E-state index contributed by atoms with van der Waals surface area (Å²) in [5.74, 6) is -3.52. The third kappa shape index (κ3) is 8.17. The molecule has 0 aromatic heterocycles. The second-order valence-electron chi connectivity index (χ2n) is 4.68. The number of hydrogen-bond donors (Lipinski definition) is 6. The van der Waals surface area contributed by atoms with E-state index in [-0.39, 0.29) is 13.0 Å². The number of carbonyl (C=O) groups is 4. The van der Waals surface area contributed by atoms with Crippen molar-refractivity contribution in [3.63, 3.8) is 0 Å². The van der Waals surface area contributed by atoms with Crippen LogP contribution in [0.15, 0.2) is 0 Å². The Kier molecular flexibility index (Phi) is 9.46. The molecule has 126 valence electrons. The quantitative estimate of drug-likeness (QED) is 0.219. The second-order valence-corrected chi connectivity index (χ2v) is 4.68. The first-order valence-corrected chi connectivity index (χ1v) is 6.82. The Hall–Kier alpha value is -2.20. The van der Waals surface area contributed by atoms with Crippen LogP contribution in [0.3, 0.4) is 0 Å². The molecule has 0 rings (SSSR count). The van der Waals surface area contributed by atoms with Gasteiger partial charge in [0.15, 0.2) is 0 Å². The minimum Gasteiger partial charge on any atom is -0.480 e. The van der Waals surface area contributed by atoms with Gasteiger partial charge in [0, 0.05) is 0 Å². The Morgan fingerprint density at radius 3 is 2.09 bits per heavy atom. The van der Waals surface area contributed by atoms with Gasteiger partial charge in [0.25, 0.3) is 0 Å². The van der Waals surface area contributed by atoms with Crippen molar-refractivity contribution in [3.05, 3.63) is 0 Å². The zero-order valence-corrected chi connectivity index (χ0v) is 12.2. The Morgan fingerprint density at radius 2 is 1.64 bits per heavy atom. The van der Waals surface area contributed by atoms with E-state index in [1.807, 2.05) is 0 Å². The molecule has 0 aromatic carbocycles. The van der Waals surface area contributed by atoms with Gasteiger partial charge in [-0.1, -0.05) is 0 Å². The molecule has 0 aliphatic carbocycles. The number of nitrogens with two attached hydrogens (primary N) is 3. The normalized spacial score (nSPS) is 13.0. The fourth-order valence-corrected chi connectivity index (χ4v) is 1.69. The van der Waals surface area contributed by atoms with E-state index in [0.29, 0.717) is 19.4 Å². The molecule has 0 fully saturated rings. The number of carbonyl (C=O) groups excluding carboxylic acids is 3. The van der Waals surface area contributed by atoms with Crippen LogP contribution in [0, 0.1) is 0 Å². The SMILES string of the molecule is NCCCCC(NC(=O)CN)C(=O)NC(CC(N)=O)C(=O)O. The van der Waals surface area contributed by atoms with Gasteiger partial charge in [-0.05, 0) is 25.8 Å². The van der Waals surface area contributed by atoms with Crippen molar-refractivity contribution >= 4 is 23.7 Å². The summed E-state index contributed by atoms with van der Waals surface area (Å²) in [7, 11) is 0. The number of aliphatic carboxylic acids is 1. The highest BCUT2D eigenvalue weighted by atomic mass is 16.4. The first-order chi connectivity index (χ1) is 10.3. The fourth-order valence-electron chi connectivity index (χ4n) is 1.69. The first kappa shape index (κ1) is 19.8. The highest BCUT2D eigenvalue weighted by Gasteiger charge is 2.27. The van der Waals surface area contributed by atoms with Crippen LogP contribution in [-0.4, -0.2) is 54.0 Å². The molecular formula is C12H23N5O5. The van der Waals surface area contributed by atoms with Crippen molar-refractivity contribution in [2.24, 2.45) is 17.2 Å². The lowest BCUT2D eigenvalue weighted by molar-refractivity contribution is -0.143. The molecule has 2 unspecified atom stereocenters. The van der Waals surface area contributed by atoms with Gasteiger partial charge >= 0.3 is 5.97 Å². The Bertz CT molecular complexity index is 415. The first-order valence-electron chi connectivity index (χ1n) is 6.82. The molecule has 0 aliphatic heterocycles. The summed E-state index contributed by atoms with van der Waals surface area (Å²) < 4.78 is 0. The Morgan fingerprint density at radius 1 is 1.00 bits per heavy atom. The lowest BCUT2D eigenvalue weighted by Gasteiger charge is -2.20. The van der Waals surface area contributed by atoms with Crippen molar-refractivity contribution in [2.45, 2.75) is 37.8 Å². The van der Waals surface area contributed by atoms with Gasteiger partial charge in [-0.25, -0.2) is 4.79 Å². The number of primary amides is 1. The number of unbranched alkanes of at least 4 members (excludes halogenated alkanes) is 1. The van der Waals surface area contributed by atoms with E-state index in [0.717, 1.165) is 0 Å². The summed E-state index contributed by atoms with van der Waals surface area (Å²) in [6.07, 6.45) is 0.942. The van der Waals surface area contributed by atoms with Gasteiger partial charge in [0.1, 0.15) is 12.1 Å². The molecule has 2 atom stereocenters. The molecule has 10 nitrogen and oxygen atoms in total. The molecule has 0 spiro atoms. The average Bonchev–Trinajstić information content (AvgIpc) is 2.44. The molecule has 10 heteroatoms. The van der Waals surface area contributed by atoms with Crippen LogP contribution in [-0.2, 0) is 19.2 Å². The fraction of sp³-hybridized carbons (Fsp3) is 0.667. The summed E-state index contributed by atoms with van der Waals surface area (Å²) in [6.45, 7) is 0.128. The van der Waals surface area contributed by atoms with Crippen LogP contribution < -0.4 is 27.8 Å². The van der Waals surface area contributed by atoms with Crippen molar-refractivity contribution in [1.29, 1.82) is 0 Å². The molecule has 9 N–H and O–H groups in total.